The van der Waals surface area contributed by atoms with Gasteiger partial charge in [-0.3, -0.25) is 4.79 Å². The van der Waals surface area contributed by atoms with E-state index >= 15 is 0 Å². The lowest BCUT2D eigenvalue weighted by molar-refractivity contribution is -0.121. The minimum absolute atomic E-state index is 0.00498. The Morgan fingerprint density at radius 1 is 1.18 bits per heavy atom. The summed E-state index contributed by atoms with van der Waals surface area (Å²) in [6.07, 6.45) is 0. The van der Waals surface area contributed by atoms with E-state index in [-0.39, 0.29) is 28.9 Å². The molecule has 0 bridgehead atoms. The van der Waals surface area contributed by atoms with Crippen molar-refractivity contribution in [1.82, 2.24) is 14.8 Å². The van der Waals surface area contributed by atoms with Crippen LogP contribution in [0.4, 0.5) is 0 Å². The Kier molecular flexibility index (Phi) is 5.53. The molecule has 0 spiro atoms. The van der Waals surface area contributed by atoms with Gasteiger partial charge in [0, 0.05) is 7.05 Å². The third-order valence-electron chi connectivity index (χ3n) is 4.65. The molecular weight excluding hydrogens is 378 g/mol. The van der Waals surface area contributed by atoms with Crippen molar-refractivity contribution >= 4 is 26.7 Å². The second-order valence-electron chi connectivity index (χ2n) is 6.81. The number of nitrogens with zero attached hydrogens (tertiary/aromatic N) is 2. The third-order valence-corrected chi connectivity index (χ3v) is 6.70. The minimum atomic E-state index is -3.87. The zero-order chi connectivity index (χ0) is 20.5. The Morgan fingerprint density at radius 2 is 1.86 bits per heavy atom. The van der Waals surface area contributed by atoms with Crippen LogP contribution in [0.15, 0.2) is 51.9 Å². The number of amides is 1. The van der Waals surface area contributed by atoms with Gasteiger partial charge in [0.15, 0.2) is 5.76 Å². The molecule has 1 N–H and O–H groups in total. The standard InChI is InChI=1S/C20H23N3O4S/c1-13(17-10-9-16-7-5-6-8-18(16)11-17)21-19(24)12-23(4)28(25,26)20-14(2)22-27-15(20)3/h5-11,13H,12H2,1-4H3,(H,21,24)/t13-/m1/s1. The molecule has 2 aromatic carbocycles. The number of hydrogen-bond donors (Lipinski definition) is 1. The van der Waals surface area contributed by atoms with Crippen LogP contribution in [0.5, 0.6) is 0 Å². The summed E-state index contributed by atoms with van der Waals surface area (Å²) in [7, 11) is -2.50. The fourth-order valence-electron chi connectivity index (χ4n) is 3.13. The molecule has 1 aromatic heterocycles. The lowest BCUT2D eigenvalue weighted by atomic mass is 10.0. The summed E-state index contributed by atoms with van der Waals surface area (Å²) in [6.45, 7) is 4.65. The molecule has 1 heterocycles. The fraction of sp³-hybridized carbons (Fsp3) is 0.300. The van der Waals surface area contributed by atoms with Gasteiger partial charge in [0.05, 0.1) is 12.6 Å². The smallest absolute Gasteiger partial charge is 0.248 e. The molecule has 148 valence electrons. The SMILES string of the molecule is Cc1noc(C)c1S(=O)(=O)N(C)CC(=O)N[C@H](C)c1ccc2ccccc2c1. The third kappa shape index (κ3) is 3.93. The van der Waals surface area contributed by atoms with Crippen LogP contribution in [0.3, 0.4) is 0 Å². The number of aryl methyl sites for hydroxylation is 2. The van der Waals surface area contributed by atoms with Crippen molar-refractivity contribution in [2.24, 2.45) is 0 Å². The molecule has 1 amide bonds. The molecule has 8 heteroatoms. The van der Waals surface area contributed by atoms with Gasteiger partial charge in [0.1, 0.15) is 10.6 Å². The van der Waals surface area contributed by atoms with Gasteiger partial charge in [-0.25, -0.2) is 8.42 Å². The van der Waals surface area contributed by atoms with Crippen LogP contribution in [-0.4, -0.2) is 37.4 Å². The van der Waals surface area contributed by atoms with E-state index in [9.17, 15) is 13.2 Å². The summed E-state index contributed by atoms with van der Waals surface area (Å²) >= 11 is 0. The lowest BCUT2D eigenvalue weighted by Crippen LogP contribution is -2.39. The van der Waals surface area contributed by atoms with E-state index in [1.165, 1.54) is 14.0 Å². The second kappa shape index (κ2) is 7.73. The molecule has 1 atom stereocenters. The molecule has 0 aliphatic carbocycles. The fourth-order valence-corrected chi connectivity index (χ4v) is 4.54. The van der Waals surface area contributed by atoms with Gasteiger partial charge in [-0.2, -0.15) is 4.31 Å². The molecule has 3 aromatic rings. The molecule has 0 aliphatic rings. The molecular formula is C20H23N3O4S. The first-order valence-corrected chi connectivity index (χ1v) is 10.3. The van der Waals surface area contributed by atoms with Crippen molar-refractivity contribution < 1.29 is 17.7 Å². The summed E-state index contributed by atoms with van der Waals surface area (Å²) in [6, 6.07) is 13.7. The largest absolute Gasteiger partial charge is 0.360 e. The highest BCUT2D eigenvalue weighted by Gasteiger charge is 2.30. The summed E-state index contributed by atoms with van der Waals surface area (Å²) in [5.74, 6) is -0.187. The maximum atomic E-state index is 12.7. The van der Waals surface area contributed by atoms with Gasteiger partial charge in [0.25, 0.3) is 0 Å². The number of hydrogen-bond acceptors (Lipinski definition) is 5. The normalized spacial score (nSPS) is 13.0. The summed E-state index contributed by atoms with van der Waals surface area (Å²) < 4.78 is 31.4. The number of fused-ring (bicyclic) bond motifs is 1. The molecule has 0 saturated heterocycles. The number of benzene rings is 2. The van der Waals surface area contributed by atoms with Gasteiger partial charge >= 0.3 is 0 Å². The van der Waals surface area contributed by atoms with Crippen molar-refractivity contribution in [2.45, 2.75) is 31.7 Å². The van der Waals surface area contributed by atoms with Crippen LogP contribution in [0.2, 0.25) is 0 Å². The number of sulfonamides is 1. The van der Waals surface area contributed by atoms with Crippen LogP contribution in [0, 0.1) is 13.8 Å². The second-order valence-corrected chi connectivity index (χ2v) is 8.79. The molecule has 3 rings (SSSR count). The minimum Gasteiger partial charge on any atom is -0.360 e. The average Bonchev–Trinajstić information content (AvgIpc) is 3.00. The average molecular weight is 401 g/mol. The van der Waals surface area contributed by atoms with Crippen LogP contribution >= 0.6 is 0 Å². The van der Waals surface area contributed by atoms with Crippen molar-refractivity contribution in [3.63, 3.8) is 0 Å². The monoisotopic (exact) mass is 401 g/mol. The van der Waals surface area contributed by atoms with E-state index in [4.69, 9.17) is 4.52 Å². The highest BCUT2D eigenvalue weighted by atomic mass is 32.2. The van der Waals surface area contributed by atoms with Crippen LogP contribution in [0.1, 0.15) is 30.0 Å². The van der Waals surface area contributed by atoms with Crippen molar-refractivity contribution in [3.05, 3.63) is 59.5 Å². The number of rotatable bonds is 6. The zero-order valence-corrected chi connectivity index (χ0v) is 17.1. The number of nitrogens with one attached hydrogen (secondary N) is 1. The molecule has 0 saturated carbocycles. The lowest BCUT2D eigenvalue weighted by Gasteiger charge is -2.19. The van der Waals surface area contributed by atoms with E-state index in [2.05, 4.69) is 10.5 Å². The first-order chi connectivity index (χ1) is 13.2. The quantitative estimate of drug-likeness (QED) is 0.686. The Morgan fingerprint density at radius 3 is 2.50 bits per heavy atom. The van der Waals surface area contributed by atoms with Crippen LogP contribution in [0.25, 0.3) is 10.8 Å². The first kappa shape index (κ1) is 20.0. The Balaban J connectivity index is 1.70. The maximum Gasteiger partial charge on any atom is 0.248 e. The van der Waals surface area contributed by atoms with Gasteiger partial charge in [-0.05, 0) is 43.2 Å². The maximum absolute atomic E-state index is 12.7. The summed E-state index contributed by atoms with van der Waals surface area (Å²) in [5, 5.41) is 8.73. The van der Waals surface area contributed by atoms with E-state index in [1.807, 2.05) is 49.4 Å². The molecule has 0 radical (unpaired) electrons. The van der Waals surface area contributed by atoms with Crippen molar-refractivity contribution in [1.29, 1.82) is 0 Å². The molecule has 0 fully saturated rings. The van der Waals surface area contributed by atoms with Gasteiger partial charge in [0.2, 0.25) is 15.9 Å². The zero-order valence-electron chi connectivity index (χ0n) is 16.3. The van der Waals surface area contributed by atoms with E-state index < -0.39 is 15.9 Å². The number of likely N-dealkylation sites (N-methyl/N-ethyl adjacent to an activating group) is 1. The van der Waals surface area contributed by atoms with E-state index in [0.29, 0.717) is 0 Å². The van der Waals surface area contributed by atoms with Gasteiger partial charge < -0.3 is 9.84 Å². The molecule has 28 heavy (non-hydrogen) atoms. The Bertz CT molecular complexity index is 1100. The molecule has 0 unspecified atom stereocenters. The summed E-state index contributed by atoms with van der Waals surface area (Å²) in [4.78, 5) is 12.4. The molecule has 0 aliphatic heterocycles. The van der Waals surface area contributed by atoms with E-state index in [1.54, 1.807) is 6.92 Å². The van der Waals surface area contributed by atoms with Crippen molar-refractivity contribution in [3.8, 4) is 0 Å². The van der Waals surface area contributed by atoms with E-state index in [0.717, 1.165) is 20.6 Å². The number of carbonyl (C=O) groups is 1. The summed E-state index contributed by atoms with van der Waals surface area (Å²) in [5.41, 5.74) is 1.22. The highest BCUT2D eigenvalue weighted by molar-refractivity contribution is 7.89. The van der Waals surface area contributed by atoms with Crippen LogP contribution < -0.4 is 5.32 Å². The van der Waals surface area contributed by atoms with Gasteiger partial charge in [-0.1, -0.05) is 41.6 Å². The van der Waals surface area contributed by atoms with Crippen molar-refractivity contribution in [2.75, 3.05) is 13.6 Å². The predicted molar refractivity (Wildman–Crippen MR) is 106 cm³/mol. The Labute approximate surface area is 164 Å². The van der Waals surface area contributed by atoms with Crippen LogP contribution in [-0.2, 0) is 14.8 Å². The topological polar surface area (TPSA) is 92.5 Å². The first-order valence-electron chi connectivity index (χ1n) is 8.87. The number of aromatic nitrogens is 1. The Hall–Kier alpha value is -2.71. The highest BCUT2D eigenvalue weighted by Crippen LogP contribution is 2.23. The van der Waals surface area contributed by atoms with Gasteiger partial charge in [-0.15, -0.1) is 0 Å². The molecule has 7 nitrogen and oxygen atoms in total. The predicted octanol–water partition coefficient (Wildman–Crippen LogP) is 2.94. The number of carbonyl (C=O) groups excluding carboxylic acids is 1.